The topological polar surface area (TPSA) is 104 Å². The minimum absolute atomic E-state index is 0.00141. The summed E-state index contributed by atoms with van der Waals surface area (Å²) in [6.07, 6.45) is 0.804. The van der Waals surface area contributed by atoms with Gasteiger partial charge in [0, 0.05) is 18.6 Å². The molecule has 1 amide bonds. The molecule has 28 heavy (non-hydrogen) atoms. The quantitative estimate of drug-likeness (QED) is 0.448. The number of nitro groups is 1. The van der Waals surface area contributed by atoms with Crippen molar-refractivity contribution in [1.82, 2.24) is 4.98 Å². The van der Waals surface area contributed by atoms with E-state index in [9.17, 15) is 14.9 Å². The molecule has 0 bridgehead atoms. The molecule has 0 radical (unpaired) electrons. The average molecular weight is 401 g/mol. The molecule has 9 heteroatoms. The molecule has 146 valence electrons. The summed E-state index contributed by atoms with van der Waals surface area (Å²) >= 11 is 1.21. The van der Waals surface area contributed by atoms with Crippen LogP contribution in [0.3, 0.4) is 0 Å². The Morgan fingerprint density at radius 1 is 1.25 bits per heavy atom. The lowest BCUT2D eigenvalue weighted by Crippen LogP contribution is -2.12. The summed E-state index contributed by atoms with van der Waals surface area (Å²) < 4.78 is 11.5. The first-order valence-electron chi connectivity index (χ1n) is 8.64. The van der Waals surface area contributed by atoms with Crippen molar-refractivity contribution in [3.8, 4) is 11.5 Å². The first-order chi connectivity index (χ1) is 13.5. The standard InChI is InChI=1S/C19H19N3O5S/c1-3-27-15-8-4-12(10-16(15)26-2)5-9-18(23)21-19-20-14-7-6-13(22(24)25)11-17(14)28-19/h4,6-8,10-11H,3,5,9H2,1-2H3,(H,20,21,23). The van der Waals surface area contributed by atoms with Crippen molar-refractivity contribution >= 4 is 38.3 Å². The molecule has 0 spiro atoms. The Bertz CT molecular complexity index is 1020. The van der Waals surface area contributed by atoms with E-state index in [1.54, 1.807) is 13.2 Å². The number of carbonyl (C=O) groups is 1. The van der Waals surface area contributed by atoms with E-state index in [1.807, 2.05) is 25.1 Å². The average Bonchev–Trinajstić information content (AvgIpc) is 3.08. The maximum Gasteiger partial charge on any atom is 0.270 e. The van der Waals surface area contributed by atoms with E-state index in [-0.39, 0.29) is 18.0 Å². The summed E-state index contributed by atoms with van der Waals surface area (Å²) in [7, 11) is 1.58. The van der Waals surface area contributed by atoms with Crippen LogP contribution in [0.2, 0.25) is 0 Å². The monoisotopic (exact) mass is 401 g/mol. The van der Waals surface area contributed by atoms with Crippen LogP contribution < -0.4 is 14.8 Å². The van der Waals surface area contributed by atoms with Crippen LogP contribution in [-0.4, -0.2) is 29.5 Å². The lowest BCUT2D eigenvalue weighted by Gasteiger charge is -2.10. The molecule has 0 saturated heterocycles. The Hall–Kier alpha value is -3.20. The number of ether oxygens (including phenoxy) is 2. The van der Waals surface area contributed by atoms with Crippen molar-refractivity contribution < 1.29 is 19.2 Å². The number of hydrogen-bond acceptors (Lipinski definition) is 7. The fourth-order valence-electron chi connectivity index (χ4n) is 2.66. The Morgan fingerprint density at radius 2 is 2.07 bits per heavy atom. The minimum Gasteiger partial charge on any atom is -0.493 e. The normalized spacial score (nSPS) is 10.6. The van der Waals surface area contributed by atoms with Gasteiger partial charge in [-0.05, 0) is 37.1 Å². The van der Waals surface area contributed by atoms with Gasteiger partial charge in [0.05, 0.1) is 28.9 Å². The third kappa shape index (κ3) is 4.55. The molecule has 1 heterocycles. The van der Waals surface area contributed by atoms with Crippen LogP contribution in [0.25, 0.3) is 10.2 Å². The van der Waals surface area contributed by atoms with Gasteiger partial charge in [-0.2, -0.15) is 0 Å². The summed E-state index contributed by atoms with van der Waals surface area (Å²) in [5, 5.41) is 14.0. The number of amides is 1. The lowest BCUT2D eigenvalue weighted by atomic mass is 10.1. The van der Waals surface area contributed by atoms with Crippen LogP contribution in [0, 0.1) is 10.1 Å². The number of fused-ring (bicyclic) bond motifs is 1. The van der Waals surface area contributed by atoms with Crippen molar-refractivity contribution in [1.29, 1.82) is 0 Å². The van der Waals surface area contributed by atoms with E-state index >= 15 is 0 Å². The van der Waals surface area contributed by atoms with Gasteiger partial charge in [-0.15, -0.1) is 0 Å². The number of rotatable bonds is 8. The number of aryl methyl sites for hydroxylation is 1. The van der Waals surface area contributed by atoms with Gasteiger partial charge in [0.25, 0.3) is 5.69 Å². The van der Waals surface area contributed by atoms with Crippen molar-refractivity contribution in [3.05, 3.63) is 52.1 Å². The number of carbonyl (C=O) groups excluding carboxylic acids is 1. The minimum atomic E-state index is -0.456. The first-order valence-corrected chi connectivity index (χ1v) is 9.46. The third-order valence-electron chi connectivity index (χ3n) is 4.00. The first kappa shape index (κ1) is 19.6. The molecule has 8 nitrogen and oxygen atoms in total. The maximum atomic E-state index is 12.3. The molecule has 1 N–H and O–H groups in total. The van der Waals surface area contributed by atoms with E-state index in [2.05, 4.69) is 10.3 Å². The smallest absolute Gasteiger partial charge is 0.270 e. The van der Waals surface area contributed by atoms with Gasteiger partial charge >= 0.3 is 0 Å². The highest BCUT2D eigenvalue weighted by Gasteiger charge is 2.12. The molecular weight excluding hydrogens is 382 g/mol. The van der Waals surface area contributed by atoms with Gasteiger partial charge < -0.3 is 14.8 Å². The second kappa shape index (κ2) is 8.66. The van der Waals surface area contributed by atoms with E-state index in [0.717, 1.165) is 5.56 Å². The number of nitro benzene ring substituents is 1. The molecule has 0 atom stereocenters. The lowest BCUT2D eigenvalue weighted by molar-refractivity contribution is -0.384. The zero-order chi connectivity index (χ0) is 20.1. The van der Waals surface area contributed by atoms with Crippen molar-refractivity contribution in [2.24, 2.45) is 0 Å². The molecule has 3 rings (SSSR count). The van der Waals surface area contributed by atoms with E-state index < -0.39 is 4.92 Å². The van der Waals surface area contributed by atoms with Crippen LogP contribution in [-0.2, 0) is 11.2 Å². The van der Waals surface area contributed by atoms with Crippen LogP contribution in [0.15, 0.2) is 36.4 Å². The molecule has 0 saturated carbocycles. The largest absolute Gasteiger partial charge is 0.493 e. The fraction of sp³-hybridized carbons (Fsp3) is 0.263. The Balaban J connectivity index is 1.63. The van der Waals surface area contributed by atoms with Gasteiger partial charge in [-0.1, -0.05) is 17.4 Å². The number of nitrogens with one attached hydrogen (secondary N) is 1. The summed E-state index contributed by atoms with van der Waals surface area (Å²) in [4.78, 5) is 26.9. The van der Waals surface area contributed by atoms with Gasteiger partial charge in [-0.3, -0.25) is 14.9 Å². The van der Waals surface area contributed by atoms with Gasteiger partial charge in [0.2, 0.25) is 5.91 Å². The Kier molecular flexibility index (Phi) is 6.05. The number of anilines is 1. The zero-order valence-electron chi connectivity index (χ0n) is 15.4. The van der Waals surface area contributed by atoms with Crippen molar-refractivity contribution in [2.75, 3.05) is 19.0 Å². The van der Waals surface area contributed by atoms with Crippen LogP contribution in [0.1, 0.15) is 18.9 Å². The van der Waals surface area contributed by atoms with Gasteiger partial charge in [-0.25, -0.2) is 4.98 Å². The number of methoxy groups -OCH3 is 1. The number of benzene rings is 2. The zero-order valence-corrected chi connectivity index (χ0v) is 16.2. The molecule has 1 aromatic heterocycles. The predicted octanol–water partition coefficient (Wildman–Crippen LogP) is 4.18. The number of nitrogens with zero attached hydrogens (tertiary/aromatic N) is 2. The van der Waals surface area contributed by atoms with E-state index in [1.165, 1.54) is 23.5 Å². The molecule has 0 aliphatic heterocycles. The summed E-state index contributed by atoms with van der Waals surface area (Å²) in [6.45, 7) is 2.45. The number of hydrogen-bond donors (Lipinski definition) is 1. The predicted molar refractivity (Wildman–Crippen MR) is 107 cm³/mol. The molecule has 0 aliphatic rings. The molecular formula is C19H19N3O5S. The summed E-state index contributed by atoms with van der Waals surface area (Å²) in [5.41, 5.74) is 1.57. The van der Waals surface area contributed by atoms with E-state index in [0.29, 0.717) is 39.9 Å². The van der Waals surface area contributed by atoms with Crippen LogP contribution >= 0.6 is 11.3 Å². The molecule has 0 aliphatic carbocycles. The second-order valence-corrected chi connectivity index (χ2v) is 6.93. The van der Waals surface area contributed by atoms with Crippen LogP contribution in [0.4, 0.5) is 10.8 Å². The van der Waals surface area contributed by atoms with Crippen molar-refractivity contribution in [2.45, 2.75) is 19.8 Å². The highest BCUT2D eigenvalue weighted by molar-refractivity contribution is 7.22. The number of aromatic nitrogens is 1. The third-order valence-corrected chi connectivity index (χ3v) is 4.93. The molecule has 0 unspecified atom stereocenters. The fourth-order valence-corrected chi connectivity index (χ4v) is 3.58. The Labute approximate surface area is 165 Å². The SMILES string of the molecule is CCOc1ccc(CCC(=O)Nc2nc3ccc([N+](=O)[O-])cc3s2)cc1OC. The molecule has 3 aromatic rings. The molecule has 0 fully saturated rings. The Morgan fingerprint density at radius 3 is 2.79 bits per heavy atom. The molecule has 2 aromatic carbocycles. The van der Waals surface area contributed by atoms with Gasteiger partial charge in [0.1, 0.15) is 0 Å². The van der Waals surface area contributed by atoms with Crippen LogP contribution in [0.5, 0.6) is 11.5 Å². The number of non-ortho nitro benzene ring substituents is 1. The summed E-state index contributed by atoms with van der Waals surface area (Å²) in [6, 6.07) is 10.0. The van der Waals surface area contributed by atoms with Crippen molar-refractivity contribution in [3.63, 3.8) is 0 Å². The van der Waals surface area contributed by atoms with E-state index in [4.69, 9.17) is 9.47 Å². The van der Waals surface area contributed by atoms with Gasteiger partial charge in [0.15, 0.2) is 16.6 Å². The summed E-state index contributed by atoms with van der Waals surface area (Å²) in [5.74, 6) is 1.12. The maximum absolute atomic E-state index is 12.3. The highest BCUT2D eigenvalue weighted by Crippen LogP contribution is 2.30. The highest BCUT2D eigenvalue weighted by atomic mass is 32.1. The second-order valence-electron chi connectivity index (χ2n) is 5.89. The number of thiazole rings is 1.